The van der Waals surface area contributed by atoms with Crippen LogP contribution in [0.25, 0.3) is 5.69 Å². The van der Waals surface area contributed by atoms with Crippen LogP contribution in [-0.2, 0) is 11.2 Å². The van der Waals surface area contributed by atoms with Crippen LogP contribution in [0.15, 0.2) is 48.5 Å². The predicted octanol–water partition coefficient (Wildman–Crippen LogP) is 4.12. The lowest BCUT2D eigenvalue weighted by molar-refractivity contribution is -0.135. The van der Waals surface area contributed by atoms with E-state index in [1.54, 1.807) is 16.7 Å². The lowest BCUT2D eigenvalue weighted by Gasteiger charge is -2.41. The number of benzene rings is 2. The van der Waals surface area contributed by atoms with Crippen molar-refractivity contribution in [2.45, 2.75) is 58.4 Å². The Morgan fingerprint density at radius 1 is 1.08 bits per heavy atom. The molecule has 3 heterocycles. The highest BCUT2D eigenvalue weighted by molar-refractivity contribution is 5.91. The minimum absolute atomic E-state index is 0.0670. The van der Waals surface area contributed by atoms with Gasteiger partial charge in [0.1, 0.15) is 23.9 Å². The number of carbonyl (C=O) groups excluding carboxylic acids is 2. The summed E-state index contributed by atoms with van der Waals surface area (Å²) in [5, 5.41) is 7.71. The second-order valence-electron chi connectivity index (χ2n) is 10.7. The molecule has 1 spiro atoms. The van der Waals surface area contributed by atoms with Crippen molar-refractivity contribution >= 4 is 11.8 Å². The van der Waals surface area contributed by atoms with Crippen molar-refractivity contribution in [3.8, 4) is 17.2 Å². The standard InChI is InChI=1S/C30H37N5O4/c1-21-20-39-26-10-5-4-8-23(26)9-6-7-15-30(29(37)31-21)16-18-34(19-17-30)28(36)27-32-22(2)35(33-27)24-11-13-25(38-3)14-12-24/h4-5,8,10-14,21H,6-7,9,15-20H2,1-3H3,(H,31,37)/t21-/m0/s1. The number of methoxy groups -OCH3 is 1. The van der Waals surface area contributed by atoms with Gasteiger partial charge in [0, 0.05) is 13.1 Å². The fraction of sp³-hybridized carbons (Fsp3) is 0.467. The summed E-state index contributed by atoms with van der Waals surface area (Å²) in [7, 11) is 1.62. The number of nitrogens with one attached hydrogen (secondary N) is 1. The normalized spacial score (nSPS) is 19.7. The molecule has 1 aromatic heterocycles. The molecule has 2 amide bonds. The summed E-state index contributed by atoms with van der Waals surface area (Å²) in [6.45, 7) is 5.22. The average Bonchev–Trinajstić information content (AvgIpc) is 3.35. The van der Waals surface area contributed by atoms with Gasteiger partial charge in [0.05, 0.1) is 24.3 Å². The molecule has 0 unspecified atom stereocenters. The molecule has 1 N–H and O–H groups in total. The molecule has 3 aromatic rings. The Bertz CT molecular complexity index is 1310. The quantitative estimate of drug-likeness (QED) is 0.546. The second-order valence-corrected chi connectivity index (χ2v) is 10.7. The molecule has 2 aliphatic rings. The Balaban J connectivity index is 1.26. The van der Waals surface area contributed by atoms with Crippen LogP contribution in [0.3, 0.4) is 0 Å². The zero-order valence-corrected chi connectivity index (χ0v) is 23.0. The number of amides is 2. The first-order chi connectivity index (χ1) is 18.9. The highest BCUT2D eigenvalue weighted by atomic mass is 16.5. The van der Waals surface area contributed by atoms with E-state index in [1.807, 2.05) is 56.3 Å². The summed E-state index contributed by atoms with van der Waals surface area (Å²) in [6, 6.07) is 15.5. The van der Waals surface area contributed by atoms with Crippen LogP contribution in [-0.4, -0.2) is 64.3 Å². The number of hydrogen-bond donors (Lipinski definition) is 1. The summed E-state index contributed by atoms with van der Waals surface area (Å²) in [4.78, 5) is 33.2. The molecule has 2 aromatic carbocycles. The van der Waals surface area contributed by atoms with E-state index < -0.39 is 5.41 Å². The van der Waals surface area contributed by atoms with E-state index in [0.717, 1.165) is 42.9 Å². The smallest absolute Gasteiger partial charge is 0.293 e. The van der Waals surface area contributed by atoms with Gasteiger partial charge in [-0.2, -0.15) is 0 Å². The molecule has 0 aliphatic carbocycles. The summed E-state index contributed by atoms with van der Waals surface area (Å²) in [6.07, 6.45) is 4.89. The van der Waals surface area contributed by atoms with E-state index in [1.165, 1.54) is 5.56 Å². The van der Waals surface area contributed by atoms with Gasteiger partial charge in [0.25, 0.3) is 5.91 Å². The first kappa shape index (κ1) is 26.7. The molecule has 206 valence electrons. The summed E-state index contributed by atoms with van der Waals surface area (Å²) < 4.78 is 13.0. The minimum atomic E-state index is -0.491. The fourth-order valence-electron chi connectivity index (χ4n) is 5.58. The number of piperidine rings is 1. The van der Waals surface area contributed by atoms with Gasteiger partial charge in [-0.15, -0.1) is 5.10 Å². The topological polar surface area (TPSA) is 98.6 Å². The van der Waals surface area contributed by atoms with E-state index in [9.17, 15) is 9.59 Å². The maximum atomic E-state index is 13.6. The lowest BCUT2D eigenvalue weighted by Crippen LogP contribution is -2.52. The molecule has 1 fully saturated rings. The second kappa shape index (κ2) is 11.5. The predicted molar refractivity (Wildman–Crippen MR) is 147 cm³/mol. The van der Waals surface area contributed by atoms with Crippen molar-refractivity contribution in [2.75, 3.05) is 26.8 Å². The average molecular weight is 532 g/mol. The number of aryl methyl sites for hydroxylation is 2. The van der Waals surface area contributed by atoms with Gasteiger partial charge in [0.2, 0.25) is 11.7 Å². The van der Waals surface area contributed by atoms with Gasteiger partial charge in [-0.1, -0.05) is 24.6 Å². The third-order valence-corrected chi connectivity index (χ3v) is 7.96. The van der Waals surface area contributed by atoms with E-state index in [-0.39, 0.29) is 23.7 Å². The fourth-order valence-corrected chi connectivity index (χ4v) is 5.58. The molecule has 1 saturated heterocycles. The first-order valence-electron chi connectivity index (χ1n) is 13.8. The zero-order valence-electron chi connectivity index (χ0n) is 23.0. The number of ether oxygens (including phenoxy) is 2. The summed E-state index contributed by atoms with van der Waals surface area (Å²) in [5.41, 5.74) is 1.53. The Hall–Kier alpha value is -3.88. The molecular weight excluding hydrogens is 494 g/mol. The number of fused-ring (bicyclic) bond motifs is 1. The first-order valence-corrected chi connectivity index (χ1v) is 13.8. The molecular formula is C30H37N5O4. The van der Waals surface area contributed by atoms with Crippen LogP contribution in [0.4, 0.5) is 0 Å². The number of nitrogens with zero attached hydrogens (tertiary/aromatic N) is 4. The number of carbonyl (C=O) groups is 2. The van der Waals surface area contributed by atoms with Crippen LogP contribution in [0, 0.1) is 12.3 Å². The van der Waals surface area contributed by atoms with E-state index in [2.05, 4.69) is 21.5 Å². The number of hydrogen-bond acceptors (Lipinski definition) is 6. The van der Waals surface area contributed by atoms with E-state index >= 15 is 0 Å². The van der Waals surface area contributed by atoms with Crippen LogP contribution in [0.5, 0.6) is 11.5 Å². The monoisotopic (exact) mass is 531 g/mol. The Labute approximate surface area is 229 Å². The largest absolute Gasteiger partial charge is 0.497 e. The number of para-hydroxylation sites is 1. The molecule has 1 atom stereocenters. The highest BCUT2D eigenvalue weighted by Crippen LogP contribution is 2.38. The van der Waals surface area contributed by atoms with Gasteiger partial charge in [-0.25, -0.2) is 9.67 Å². The Kier molecular flexibility index (Phi) is 7.86. The number of rotatable bonds is 3. The lowest BCUT2D eigenvalue weighted by atomic mass is 9.73. The zero-order chi connectivity index (χ0) is 27.4. The van der Waals surface area contributed by atoms with Gasteiger partial charge in [0.15, 0.2) is 0 Å². The van der Waals surface area contributed by atoms with Crippen molar-refractivity contribution in [1.29, 1.82) is 0 Å². The van der Waals surface area contributed by atoms with Gasteiger partial charge < -0.3 is 19.7 Å². The molecule has 0 bridgehead atoms. The molecule has 0 radical (unpaired) electrons. The minimum Gasteiger partial charge on any atom is -0.497 e. The molecule has 0 saturated carbocycles. The molecule has 39 heavy (non-hydrogen) atoms. The SMILES string of the molecule is COc1ccc(-n2nc(C(=O)N3CCC4(CCCCc5ccccc5OC[C@H](C)NC4=O)CC3)nc2C)cc1. The van der Waals surface area contributed by atoms with Gasteiger partial charge in [-0.3, -0.25) is 9.59 Å². The van der Waals surface area contributed by atoms with Gasteiger partial charge in [-0.05, 0) is 81.8 Å². The van der Waals surface area contributed by atoms with Crippen LogP contribution >= 0.6 is 0 Å². The van der Waals surface area contributed by atoms with Crippen molar-refractivity contribution in [2.24, 2.45) is 5.41 Å². The van der Waals surface area contributed by atoms with E-state index in [0.29, 0.717) is 38.4 Å². The number of likely N-dealkylation sites (tertiary alicyclic amines) is 1. The molecule has 2 aliphatic heterocycles. The van der Waals surface area contributed by atoms with Gasteiger partial charge >= 0.3 is 0 Å². The van der Waals surface area contributed by atoms with Crippen LogP contribution in [0.1, 0.15) is 61.0 Å². The molecule has 5 rings (SSSR count). The summed E-state index contributed by atoms with van der Waals surface area (Å²) >= 11 is 0. The van der Waals surface area contributed by atoms with Crippen molar-refractivity contribution in [1.82, 2.24) is 25.0 Å². The van der Waals surface area contributed by atoms with E-state index in [4.69, 9.17) is 9.47 Å². The van der Waals surface area contributed by atoms with Crippen molar-refractivity contribution in [3.63, 3.8) is 0 Å². The van der Waals surface area contributed by atoms with Crippen molar-refractivity contribution in [3.05, 3.63) is 65.7 Å². The molecule has 9 heteroatoms. The maximum Gasteiger partial charge on any atom is 0.293 e. The number of aromatic nitrogens is 3. The Morgan fingerprint density at radius 3 is 2.56 bits per heavy atom. The van der Waals surface area contributed by atoms with Crippen molar-refractivity contribution < 1.29 is 19.1 Å². The third kappa shape index (κ3) is 5.77. The van der Waals surface area contributed by atoms with Crippen LogP contribution in [0.2, 0.25) is 0 Å². The highest BCUT2D eigenvalue weighted by Gasteiger charge is 2.42. The third-order valence-electron chi connectivity index (χ3n) is 7.96. The van der Waals surface area contributed by atoms with Crippen LogP contribution < -0.4 is 14.8 Å². The maximum absolute atomic E-state index is 13.6. The molecule has 9 nitrogen and oxygen atoms in total. The Morgan fingerprint density at radius 2 is 1.82 bits per heavy atom. The summed E-state index contributed by atoms with van der Waals surface area (Å²) in [5.74, 6) is 2.32.